The Bertz CT molecular complexity index is 584. The van der Waals surface area contributed by atoms with E-state index in [4.69, 9.17) is 24.4 Å². The molecule has 0 saturated heterocycles. The van der Waals surface area contributed by atoms with Gasteiger partial charge in [0.1, 0.15) is 5.75 Å². The highest BCUT2D eigenvalue weighted by Crippen LogP contribution is 2.31. The number of rotatable bonds is 6. The van der Waals surface area contributed by atoms with Crippen molar-refractivity contribution in [2.24, 2.45) is 11.8 Å². The molecule has 2 N–H and O–H groups in total. The maximum absolute atomic E-state index is 12.0. The van der Waals surface area contributed by atoms with Gasteiger partial charge >= 0.3 is 0 Å². The summed E-state index contributed by atoms with van der Waals surface area (Å²) in [5, 5.41) is 2.72. The van der Waals surface area contributed by atoms with Crippen LogP contribution in [0.15, 0.2) is 0 Å². The third kappa shape index (κ3) is 5.11. The van der Waals surface area contributed by atoms with Gasteiger partial charge in [-0.1, -0.05) is 24.4 Å². The molecule has 22 heavy (non-hydrogen) atoms. The summed E-state index contributed by atoms with van der Waals surface area (Å²) < 4.78 is 23.9. The molecule has 0 aromatic heterocycles. The first-order chi connectivity index (χ1) is 10.2. The zero-order valence-corrected chi connectivity index (χ0v) is 15.0. The van der Waals surface area contributed by atoms with Crippen molar-refractivity contribution in [2.45, 2.75) is 25.7 Å². The third-order valence-corrected chi connectivity index (χ3v) is 5.81. The number of thiocarbonyl (C=S) groups is 2. The van der Waals surface area contributed by atoms with Gasteiger partial charge in [-0.15, -0.1) is 4.83 Å². The lowest BCUT2D eigenvalue weighted by atomic mass is 10.4. The summed E-state index contributed by atoms with van der Waals surface area (Å²) >= 11 is 10.3. The van der Waals surface area contributed by atoms with Crippen LogP contribution >= 0.6 is 24.4 Å². The molecule has 2 saturated carbocycles. The lowest BCUT2D eigenvalue weighted by Crippen LogP contribution is -2.49. The fraction of sp³-hybridized carbons (Fsp3) is 0.750. The summed E-state index contributed by atoms with van der Waals surface area (Å²) in [7, 11) is -0.636. The Morgan fingerprint density at radius 1 is 1.05 bits per heavy atom. The summed E-state index contributed by atoms with van der Waals surface area (Å²) in [6.07, 6.45) is 3.99. The summed E-state index contributed by atoms with van der Waals surface area (Å²) in [5.74, 6) is -0.734. The predicted octanol–water partition coefficient (Wildman–Crippen LogP) is 0.190. The van der Waals surface area contributed by atoms with Crippen LogP contribution in [0.1, 0.15) is 25.7 Å². The standard InChI is InChI=1S/C12H20N4O3S3/c1-15(11(20)8-3-4-8)13-10(17)7-22(18,19)14-16(2)12(21)9-5-6-9/h8-9,14H,3-7H2,1-2H3,(H,13,17). The van der Waals surface area contributed by atoms with E-state index >= 15 is 0 Å². The number of carbonyl (C=O) groups excluding carboxylic acids is 1. The number of sulfonamides is 1. The third-order valence-electron chi connectivity index (χ3n) is 3.40. The Morgan fingerprint density at radius 3 is 1.95 bits per heavy atom. The van der Waals surface area contributed by atoms with Crippen molar-refractivity contribution in [3.05, 3.63) is 0 Å². The average Bonchev–Trinajstić information content (AvgIpc) is 3.27. The number of amides is 1. The SMILES string of the molecule is CN(NC(=O)CS(=O)(=O)NN(C)C(=S)C1CC1)C(=S)C1CC1. The molecule has 0 radical (unpaired) electrons. The Hall–Kier alpha value is -0.840. The number of carbonyl (C=O) groups is 1. The lowest BCUT2D eigenvalue weighted by molar-refractivity contribution is -0.121. The van der Waals surface area contributed by atoms with Crippen LogP contribution in [-0.2, 0) is 14.8 Å². The highest BCUT2D eigenvalue weighted by atomic mass is 32.2. The fourth-order valence-corrected chi connectivity index (χ4v) is 3.55. The van der Waals surface area contributed by atoms with E-state index in [0.29, 0.717) is 15.9 Å². The van der Waals surface area contributed by atoms with Crippen LogP contribution in [0.4, 0.5) is 0 Å². The topological polar surface area (TPSA) is 81.8 Å². The van der Waals surface area contributed by atoms with E-state index in [2.05, 4.69) is 10.3 Å². The van der Waals surface area contributed by atoms with E-state index in [9.17, 15) is 13.2 Å². The van der Waals surface area contributed by atoms with Crippen molar-refractivity contribution in [3.63, 3.8) is 0 Å². The second-order valence-corrected chi connectivity index (χ2v) is 8.27. The minimum atomic E-state index is -3.80. The molecule has 2 aliphatic carbocycles. The van der Waals surface area contributed by atoms with Gasteiger partial charge in [0.05, 0.1) is 9.98 Å². The summed E-state index contributed by atoms with van der Waals surface area (Å²) in [6.45, 7) is 0. The molecule has 0 spiro atoms. The highest BCUT2D eigenvalue weighted by Gasteiger charge is 2.31. The van der Waals surface area contributed by atoms with Gasteiger partial charge in [-0.3, -0.25) is 20.2 Å². The van der Waals surface area contributed by atoms with E-state index in [0.717, 1.165) is 25.7 Å². The van der Waals surface area contributed by atoms with E-state index in [1.807, 2.05) is 0 Å². The second kappa shape index (κ2) is 6.73. The Labute approximate surface area is 141 Å². The molecule has 1 amide bonds. The quantitative estimate of drug-likeness (QED) is 0.514. The van der Waals surface area contributed by atoms with Crippen molar-refractivity contribution in [1.29, 1.82) is 0 Å². The molecule has 0 atom stereocenters. The fourth-order valence-electron chi connectivity index (χ4n) is 1.94. The molecule has 0 bridgehead atoms. The number of hydrogen-bond acceptors (Lipinski definition) is 5. The Kier molecular flexibility index (Phi) is 5.36. The van der Waals surface area contributed by atoms with Crippen LogP contribution in [0.5, 0.6) is 0 Å². The van der Waals surface area contributed by atoms with Gasteiger partial charge in [0, 0.05) is 25.9 Å². The molecule has 10 heteroatoms. The smallest absolute Gasteiger partial charge is 0.255 e. The largest absolute Gasteiger partial charge is 0.291 e. The van der Waals surface area contributed by atoms with Crippen molar-refractivity contribution in [1.82, 2.24) is 20.3 Å². The predicted molar refractivity (Wildman–Crippen MR) is 91.2 cm³/mol. The van der Waals surface area contributed by atoms with Crippen LogP contribution in [0.2, 0.25) is 0 Å². The van der Waals surface area contributed by atoms with Gasteiger partial charge in [0.15, 0.2) is 0 Å². The number of hydrazine groups is 2. The Balaban J connectivity index is 1.80. The van der Waals surface area contributed by atoms with Crippen molar-refractivity contribution < 1.29 is 13.2 Å². The highest BCUT2D eigenvalue weighted by molar-refractivity contribution is 7.90. The summed E-state index contributed by atoms with van der Waals surface area (Å²) in [4.78, 5) is 15.3. The lowest BCUT2D eigenvalue weighted by Gasteiger charge is -2.22. The molecule has 0 aromatic carbocycles. The van der Waals surface area contributed by atoms with Gasteiger partial charge in [0.2, 0.25) is 10.0 Å². The van der Waals surface area contributed by atoms with Gasteiger partial charge in [-0.25, -0.2) is 8.42 Å². The van der Waals surface area contributed by atoms with Gasteiger partial charge in [-0.2, -0.15) is 0 Å². The first-order valence-electron chi connectivity index (χ1n) is 7.04. The van der Waals surface area contributed by atoms with Crippen LogP contribution in [-0.4, -0.2) is 54.2 Å². The second-order valence-electron chi connectivity index (χ2n) is 5.73. The molecule has 0 aromatic rings. The molecule has 2 fully saturated rings. The van der Waals surface area contributed by atoms with Crippen LogP contribution in [0.3, 0.4) is 0 Å². The molecule has 0 aliphatic heterocycles. The zero-order valence-electron chi connectivity index (χ0n) is 12.5. The number of hydrogen-bond donors (Lipinski definition) is 2. The summed E-state index contributed by atoms with van der Waals surface area (Å²) in [5.41, 5.74) is 2.48. The van der Waals surface area contributed by atoms with Gasteiger partial charge < -0.3 is 0 Å². The van der Waals surface area contributed by atoms with E-state index in [1.54, 1.807) is 14.1 Å². The van der Waals surface area contributed by atoms with Crippen LogP contribution in [0.25, 0.3) is 0 Å². The zero-order chi connectivity index (χ0) is 16.5. The molecule has 2 rings (SSSR count). The first-order valence-corrected chi connectivity index (χ1v) is 9.51. The summed E-state index contributed by atoms with van der Waals surface area (Å²) in [6, 6.07) is 0. The van der Waals surface area contributed by atoms with E-state index in [1.165, 1.54) is 10.0 Å². The van der Waals surface area contributed by atoms with Crippen LogP contribution in [0, 0.1) is 11.8 Å². The minimum absolute atomic E-state index is 0.263. The van der Waals surface area contributed by atoms with Crippen molar-refractivity contribution >= 4 is 50.3 Å². The molecular formula is C12H20N4O3S3. The van der Waals surface area contributed by atoms with Crippen molar-refractivity contribution in [2.75, 3.05) is 19.8 Å². The van der Waals surface area contributed by atoms with E-state index in [-0.39, 0.29) is 5.92 Å². The van der Waals surface area contributed by atoms with Gasteiger partial charge in [0.25, 0.3) is 5.91 Å². The van der Waals surface area contributed by atoms with Gasteiger partial charge in [-0.05, 0) is 25.7 Å². The normalized spacial score (nSPS) is 17.7. The Morgan fingerprint density at radius 2 is 1.50 bits per heavy atom. The number of nitrogens with zero attached hydrogens (tertiary/aromatic N) is 2. The monoisotopic (exact) mass is 364 g/mol. The maximum atomic E-state index is 12.0. The molecule has 2 aliphatic rings. The van der Waals surface area contributed by atoms with E-state index < -0.39 is 21.7 Å². The molecule has 124 valence electrons. The first kappa shape index (κ1) is 17.5. The maximum Gasteiger partial charge on any atom is 0.255 e. The van der Waals surface area contributed by atoms with Crippen LogP contribution < -0.4 is 10.3 Å². The minimum Gasteiger partial charge on any atom is -0.291 e. The molecular weight excluding hydrogens is 344 g/mol. The van der Waals surface area contributed by atoms with Crippen molar-refractivity contribution in [3.8, 4) is 0 Å². The number of nitrogens with one attached hydrogen (secondary N) is 2. The molecule has 0 unspecified atom stereocenters. The molecule has 7 nitrogen and oxygen atoms in total. The average molecular weight is 365 g/mol. The molecule has 0 heterocycles.